The predicted molar refractivity (Wildman–Crippen MR) is 127 cm³/mol. The van der Waals surface area contributed by atoms with Crippen LogP contribution in [0.2, 0.25) is 0 Å². The van der Waals surface area contributed by atoms with Crippen molar-refractivity contribution in [3.63, 3.8) is 0 Å². The van der Waals surface area contributed by atoms with E-state index in [1.54, 1.807) is 44.4 Å². The Bertz CT molecular complexity index is 1410. The molecule has 0 unspecified atom stereocenters. The van der Waals surface area contributed by atoms with Crippen LogP contribution in [0, 0.1) is 0 Å². The van der Waals surface area contributed by atoms with Gasteiger partial charge < -0.3 is 9.64 Å². The van der Waals surface area contributed by atoms with E-state index in [-0.39, 0.29) is 16.4 Å². The van der Waals surface area contributed by atoms with Crippen LogP contribution in [-0.2, 0) is 21.4 Å². The Labute approximate surface area is 192 Å². The molecule has 0 fully saturated rings. The molecule has 0 aliphatic carbocycles. The molecule has 0 saturated heterocycles. The van der Waals surface area contributed by atoms with Gasteiger partial charge >= 0.3 is 0 Å². The van der Waals surface area contributed by atoms with E-state index in [1.165, 1.54) is 35.5 Å². The van der Waals surface area contributed by atoms with E-state index in [9.17, 15) is 13.2 Å². The second-order valence-electron chi connectivity index (χ2n) is 7.55. The Morgan fingerprint density at radius 2 is 1.70 bits per heavy atom. The van der Waals surface area contributed by atoms with Gasteiger partial charge in [0.05, 0.1) is 10.3 Å². The van der Waals surface area contributed by atoms with Gasteiger partial charge in [-0.05, 0) is 29.8 Å². The quantitative estimate of drug-likeness (QED) is 0.389. The summed E-state index contributed by atoms with van der Waals surface area (Å²) < 4.78 is 33.9. The van der Waals surface area contributed by atoms with E-state index in [4.69, 9.17) is 4.74 Å². The van der Waals surface area contributed by atoms with E-state index in [1.807, 2.05) is 30.3 Å². The predicted octanol–water partition coefficient (Wildman–Crippen LogP) is 3.95. The maximum Gasteiger partial charge on any atom is 0.269 e. The summed E-state index contributed by atoms with van der Waals surface area (Å²) >= 11 is 0. The lowest BCUT2D eigenvalue weighted by atomic mass is 10.2. The van der Waals surface area contributed by atoms with Crippen LogP contribution in [0.25, 0.3) is 17.1 Å². The van der Waals surface area contributed by atoms with E-state index >= 15 is 0 Å². The van der Waals surface area contributed by atoms with E-state index in [0.29, 0.717) is 23.3 Å². The summed E-state index contributed by atoms with van der Waals surface area (Å²) in [5.41, 5.74) is 1.70. The van der Waals surface area contributed by atoms with Gasteiger partial charge in [0.1, 0.15) is 12.4 Å². The lowest BCUT2D eigenvalue weighted by Crippen LogP contribution is -2.18. The number of rotatable bonds is 7. The number of ether oxygens (including phenoxy) is 1. The van der Waals surface area contributed by atoms with Crippen LogP contribution in [0.3, 0.4) is 0 Å². The number of amides is 1. The maximum absolute atomic E-state index is 13.4. The van der Waals surface area contributed by atoms with Crippen molar-refractivity contribution < 1.29 is 17.9 Å². The van der Waals surface area contributed by atoms with Crippen LogP contribution >= 0.6 is 0 Å². The first-order chi connectivity index (χ1) is 15.9. The molecule has 0 N–H and O–H groups in total. The van der Waals surface area contributed by atoms with Crippen LogP contribution < -0.4 is 4.74 Å². The average Bonchev–Trinajstić information content (AvgIpc) is 3.22. The summed E-state index contributed by atoms with van der Waals surface area (Å²) in [4.78, 5) is 18.1. The molecule has 0 aliphatic rings. The maximum atomic E-state index is 13.4. The summed E-state index contributed by atoms with van der Waals surface area (Å²) in [7, 11) is -0.625. The van der Waals surface area contributed by atoms with Crippen molar-refractivity contribution in [1.82, 2.24) is 13.9 Å². The average molecular weight is 462 g/mol. The lowest BCUT2D eigenvalue weighted by Gasteiger charge is -2.09. The SMILES string of the molecule is CN(C)C(=O)C=Cc1cn(S(=O)(=O)c2ccccc2)c2nccc(OCc3ccccc3)c12. The molecular weight excluding hydrogens is 438 g/mol. The number of hydrogen-bond acceptors (Lipinski definition) is 5. The number of nitrogens with zero attached hydrogens (tertiary/aromatic N) is 3. The summed E-state index contributed by atoms with van der Waals surface area (Å²) in [6.45, 7) is 0.302. The number of likely N-dealkylation sites (N-methyl/N-ethyl adjacent to an activating group) is 1. The standard InChI is InChI=1S/C25H23N3O4S/c1-27(2)23(29)14-13-20-17-28(33(30,31)21-11-7-4-8-12-21)25-24(20)22(15-16-26-25)32-18-19-9-5-3-6-10-19/h3-17H,18H2,1-2H3. The Morgan fingerprint density at radius 1 is 1.03 bits per heavy atom. The number of benzene rings is 2. The lowest BCUT2D eigenvalue weighted by molar-refractivity contribution is -0.123. The number of carbonyl (C=O) groups excluding carboxylic acids is 1. The van der Waals surface area contributed by atoms with Crippen LogP contribution in [0.4, 0.5) is 0 Å². The van der Waals surface area contributed by atoms with Gasteiger partial charge in [-0.3, -0.25) is 4.79 Å². The molecule has 2 aromatic heterocycles. The summed E-state index contributed by atoms with van der Waals surface area (Å²) in [6.07, 6.45) is 5.95. The van der Waals surface area contributed by atoms with Gasteiger partial charge in [0, 0.05) is 38.1 Å². The van der Waals surface area contributed by atoms with Crippen molar-refractivity contribution in [1.29, 1.82) is 0 Å². The van der Waals surface area contributed by atoms with Crippen molar-refractivity contribution in [2.45, 2.75) is 11.5 Å². The molecule has 4 aromatic rings. The van der Waals surface area contributed by atoms with Crippen LogP contribution in [-0.4, -0.2) is 42.3 Å². The van der Waals surface area contributed by atoms with Crippen LogP contribution in [0.15, 0.2) is 90.1 Å². The topological polar surface area (TPSA) is 81.5 Å². The highest BCUT2D eigenvalue weighted by atomic mass is 32.2. The first-order valence-corrected chi connectivity index (χ1v) is 11.7. The van der Waals surface area contributed by atoms with Gasteiger partial charge in [-0.1, -0.05) is 48.5 Å². The number of fused-ring (bicyclic) bond motifs is 1. The van der Waals surface area contributed by atoms with Crippen molar-refractivity contribution in [2.24, 2.45) is 0 Å². The van der Waals surface area contributed by atoms with E-state index < -0.39 is 10.0 Å². The first kappa shape index (κ1) is 22.3. The summed E-state index contributed by atoms with van der Waals surface area (Å²) in [6, 6.07) is 19.5. The fourth-order valence-electron chi connectivity index (χ4n) is 3.31. The number of hydrogen-bond donors (Lipinski definition) is 0. The zero-order chi connectivity index (χ0) is 23.4. The minimum atomic E-state index is -3.91. The molecular formula is C25H23N3O4S. The molecule has 4 rings (SSSR count). The molecule has 8 heteroatoms. The Hall–Kier alpha value is -3.91. The minimum Gasteiger partial charge on any atom is -0.488 e. The fourth-order valence-corrected chi connectivity index (χ4v) is 4.65. The second kappa shape index (κ2) is 9.30. The molecule has 0 radical (unpaired) electrons. The molecule has 0 atom stereocenters. The third kappa shape index (κ3) is 4.65. The Morgan fingerprint density at radius 3 is 2.36 bits per heavy atom. The van der Waals surface area contributed by atoms with Gasteiger partial charge in [0.2, 0.25) is 5.91 Å². The van der Waals surface area contributed by atoms with Crippen LogP contribution in [0.1, 0.15) is 11.1 Å². The molecule has 33 heavy (non-hydrogen) atoms. The van der Waals surface area contributed by atoms with Gasteiger partial charge in [0.25, 0.3) is 10.0 Å². The first-order valence-electron chi connectivity index (χ1n) is 10.2. The summed E-state index contributed by atoms with van der Waals surface area (Å²) in [5.74, 6) is 0.250. The zero-order valence-corrected chi connectivity index (χ0v) is 19.1. The third-order valence-electron chi connectivity index (χ3n) is 5.03. The highest BCUT2D eigenvalue weighted by Gasteiger charge is 2.23. The Kier molecular flexibility index (Phi) is 6.28. The number of carbonyl (C=O) groups is 1. The second-order valence-corrected chi connectivity index (χ2v) is 9.36. The van der Waals surface area contributed by atoms with Crippen molar-refractivity contribution >= 4 is 33.0 Å². The molecule has 2 heterocycles. The van der Waals surface area contributed by atoms with Crippen molar-refractivity contribution in [3.8, 4) is 5.75 Å². The summed E-state index contributed by atoms with van der Waals surface area (Å²) in [5, 5.41) is 0.510. The molecule has 2 aromatic carbocycles. The smallest absolute Gasteiger partial charge is 0.269 e. The van der Waals surface area contributed by atoms with E-state index in [0.717, 1.165) is 9.54 Å². The molecule has 168 valence electrons. The third-order valence-corrected chi connectivity index (χ3v) is 6.69. The zero-order valence-electron chi connectivity index (χ0n) is 18.3. The monoisotopic (exact) mass is 461 g/mol. The number of pyridine rings is 1. The van der Waals surface area contributed by atoms with Crippen molar-refractivity contribution in [2.75, 3.05) is 14.1 Å². The number of aromatic nitrogens is 2. The highest BCUT2D eigenvalue weighted by Crippen LogP contribution is 2.33. The van der Waals surface area contributed by atoms with Gasteiger partial charge in [-0.2, -0.15) is 0 Å². The molecule has 1 amide bonds. The van der Waals surface area contributed by atoms with Gasteiger partial charge in [-0.25, -0.2) is 17.4 Å². The molecule has 0 spiro atoms. The minimum absolute atomic E-state index is 0.138. The normalized spacial score (nSPS) is 11.7. The molecule has 0 bridgehead atoms. The van der Waals surface area contributed by atoms with E-state index in [2.05, 4.69) is 4.98 Å². The fraction of sp³-hybridized carbons (Fsp3) is 0.120. The van der Waals surface area contributed by atoms with Gasteiger partial charge in [0.15, 0.2) is 5.65 Å². The molecule has 0 saturated carbocycles. The largest absolute Gasteiger partial charge is 0.488 e. The molecule has 7 nitrogen and oxygen atoms in total. The van der Waals surface area contributed by atoms with Crippen molar-refractivity contribution in [3.05, 3.63) is 96.3 Å². The highest BCUT2D eigenvalue weighted by molar-refractivity contribution is 7.90. The van der Waals surface area contributed by atoms with Gasteiger partial charge in [-0.15, -0.1) is 0 Å². The Balaban J connectivity index is 1.85. The molecule has 0 aliphatic heterocycles. The van der Waals surface area contributed by atoms with Crippen LogP contribution in [0.5, 0.6) is 5.75 Å².